The topological polar surface area (TPSA) is 96.6 Å². The number of anilines is 1. The molecule has 0 saturated carbocycles. The summed E-state index contributed by atoms with van der Waals surface area (Å²) in [5, 5.41) is 20.6. The maximum Gasteiger partial charge on any atom is 0.326 e. The van der Waals surface area contributed by atoms with Gasteiger partial charge in [0, 0.05) is 24.1 Å². The van der Waals surface area contributed by atoms with Crippen molar-refractivity contribution in [3.8, 4) is 0 Å². The standard InChI is InChI=1S/C14H13N3O4/c18-14(19)12-2-1-7-16(12)13-6-3-9-8-10(17(20)21)4-5-11(9)15-13/h3-6,8,12H,1-2,7H2,(H,18,19)/t12-/m1/s1. The highest BCUT2D eigenvalue weighted by Crippen LogP contribution is 2.27. The molecule has 1 N–H and O–H groups in total. The van der Waals surface area contributed by atoms with Crippen LogP contribution in [0.25, 0.3) is 10.9 Å². The summed E-state index contributed by atoms with van der Waals surface area (Å²) >= 11 is 0. The van der Waals surface area contributed by atoms with Crippen molar-refractivity contribution < 1.29 is 14.8 Å². The number of rotatable bonds is 3. The zero-order chi connectivity index (χ0) is 15.0. The molecule has 7 heteroatoms. The highest BCUT2D eigenvalue weighted by atomic mass is 16.6. The van der Waals surface area contributed by atoms with Gasteiger partial charge in [0.25, 0.3) is 5.69 Å². The molecule has 1 atom stereocenters. The van der Waals surface area contributed by atoms with Gasteiger partial charge in [0.1, 0.15) is 11.9 Å². The summed E-state index contributed by atoms with van der Waals surface area (Å²) in [6.07, 6.45) is 1.42. The molecule has 1 aliphatic rings. The van der Waals surface area contributed by atoms with Crippen molar-refractivity contribution in [1.29, 1.82) is 0 Å². The average molecular weight is 287 g/mol. The van der Waals surface area contributed by atoms with E-state index in [0.717, 1.165) is 6.42 Å². The number of fused-ring (bicyclic) bond motifs is 1. The summed E-state index contributed by atoms with van der Waals surface area (Å²) < 4.78 is 0. The molecule has 7 nitrogen and oxygen atoms in total. The minimum Gasteiger partial charge on any atom is -0.480 e. The smallest absolute Gasteiger partial charge is 0.326 e. The van der Waals surface area contributed by atoms with E-state index in [2.05, 4.69) is 4.98 Å². The van der Waals surface area contributed by atoms with Crippen molar-refractivity contribution in [2.75, 3.05) is 11.4 Å². The van der Waals surface area contributed by atoms with Crippen LogP contribution in [0.4, 0.5) is 11.5 Å². The minimum absolute atomic E-state index is 0.0154. The van der Waals surface area contributed by atoms with Crippen molar-refractivity contribution in [3.63, 3.8) is 0 Å². The second kappa shape index (κ2) is 5.01. The molecular weight excluding hydrogens is 274 g/mol. The molecule has 2 heterocycles. The van der Waals surface area contributed by atoms with Gasteiger partial charge in [0.05, 0.1) is 10.4 Å². The maximum atomic E-state index is 11.2. The Balaban J connectivity index is 1.99. The third-order valence-electron chi connectivity index (χ3n) is 3.70. The van der Waals surface area contributed by atoms with Crippen molar-refractivity contribution in [2.45, 2.75) is 18.9 Å². The molecule has 0 spiro atoms. The van der Waals surface area contributed by atoms with Crippen LogP contribution in [-0.2, 0) is 4.79 Å². The molecule has 1 aromatic heterocycles. The lowest BCUT2D eigenvalue weighted by atomic mass is 10.2. The van der Waals surface area contributed by atoms with Gasteiger partial charge in [-0.1, -0.05) is 0 Å². The zero-order valence-electron chi connectivity index (χ0n) is 11.1. The number of carboxylic acids is 1. The van der Waals surface area contributed by atoms with Crippen molar-refractivity contribution in [2.24, 2.45) is 0 Å². The summed E-state index contributed by atoms with van der Waals surface area (Å²) in [5.41, 5.74) is 0.635. The Morgan fingerprint density at radius 2 is 2.19 bits per heavy atom. The van der Waals surface area contributed by atoms with Crippen LogP contribution < -0.4 is 4.90 Å². The van der Waals surface area contributed by atoms with E-state index >= 15 is 0 Å². The first kappa shape index (κ1) is 13.3. The highest BCUT2D eigenvalue weighted by molar-refractivity contribution is 5.84. The quantitative estimate of drug-likeness (QED) is 0.686. The van der Waals surface area contributed by atoms with E-state index in [4.69, 9.17) is 0 Å². The van der Waals surface area contributed by atoms with Gasteiger partial charge in [-0.3, -0.25) is 10.1 Å². The van der Waals surface area contributed by atoms with Gasteiger partial charge in [-0.15, -0.1) is 0 Å². The van der Waals surface area contributed by atoms with E-state index in [1.54, 1.807) is 23.1 Å². The molecule has 108 valence electrons. The molecule has 0 amide bonds. The number of aromatic nitrogens is 1. The van der Waals surface area contributed by atoms with E-state index in [-0.39, 0.29) is 5.69 Å². The Hall–Kier alpha value is -2.70. The van der Waals surface area contributed by atoms with Crippen LogP contribution in [0.2, 0.25) is 0 Å². The van der Waals surface area contributed by atoms with E-state index < -0.39 is 16.9 Å². The Labute approximate surface area is 120 Å². The van der Waals surface area contributed by atoms with E-state index in [0.29, 0.717) is 29.7 Å². The first-order valence-electron chi connectivity index (χ1n) is 6.61. The van der Waals surface area contributed by atoms with Gasteiger partial charge in [-0.25, -0.2) is 9.78 Å². The summed E-state index contributed by atoms with van der Waals surface area (Å²) in [4.78, 5) is 27.7. The number of pyridine rings is 1. The third-order valence-corrected chi connectivity index (χ3v) is 3.70. The number of carbonyl (C=O) groups is 1. The van der Waals surface area contributed by atoms with Gasteiger partial charge in [0.15, 0.2) is 0 Å². The zero-order valence-corrected chi connectivity index (χ0v) is 11.1. The van der Waals surface area contributed by atoms with Crippen molar-refractivity contribution in [3.05, 3.63) is 40.4 Å². The van der Waals surface area contributed by atoms with Crippen LogP contribution >= 0.6 is 0 Å². The van der Waals surface area contributed by atoms with Gasteiger partial charge in [-0.05, 0) is 31.0 Å². The SMILES string of the molecule is O=C(O)[C@H]1CCCN1c1ccc2cc([N+](=O)[O-])ccc2n1. The normalized spacial score (nSPS) is 18.1. The van der Waals surface area contributed by atoms with Crippen LogP contribution in [0, 0.1) is 10.1 Å². The summed E-state index contributed by atoms with van der Waals surface area (Å²) in [7, 11) is 0. The Bertz CT molecular complexity index is 731. The Kier molecular flexibility index (Phi) is 3.17. The summed E-state index contributed by atoms with van der Waals surface area (Å²) in [5.74, 6) is -0.251. The first-order chi connectivity index (χ1) is 10.1. The number of hydrogen-bond donors (Lipinski definition) is 1. The van der Waals surface area contributed by atoms with Crippen LogP contribution in [0.3, 0.4) is 0 Å². The Morgan fingerprint density at radius 1 is 1.38 bits per heavy atom. The van der Waals surface area contributed by atoms with Gasteiger partial charge >= 0.3 is 5.97 Å². The maximum absolute atomic E-state index is 11.2. The lowest BCUT2D eigenvalue weighted by Crippen LogP contribution is -2.36. The molecular formula is C14H13N3O4. The average Bonchev–Trinajstić information content (AvgIpc) is 2.95. The largest absolute Gasteiger partial charge is 0.480 e. The number of non-ortho nitro benzene ring substituents is 1. The lowest BCUT2D eigenvalue weighted by molar-refractivity contribution is -0.384. The van der Waals surface area contributed by atoms with Gasteiger partial charge < -0.3 is 10.0 Å². The van der Waals surface area contributed by atoms with E-state index in [9.17, 15) is 20.0 Å². The van der Waals surface area contributed by atoms with Crippen LogP contribution in [0.1, 0.15) is 12.8 Å². The molecule has 21 heavy (non-hydrogen) atoms. The van der Waals surface area contributed by atoms with Gasteiger partial charge in [0.2, 0.25) is 0 Å². The molecule has 2 aromatic rings. The fraction of sp³-hybridized carbons (Fsp3) is 0.286. The molecule has 1 fully saturated rings. The lowest BCUT2D eigenvalue weighted by Gasteiger charge is -2.22. The number of benzene rings is 1. The summed E-state index contributed by atoms with van der Waals surface area (Å²) in [6, 6.07) is 7.36. The summed E-state index contributed by atoms with van der Waals surface area (Å²) in [6.45, 7) is 0.655. The number of nitro groups is 1. The number of nitrogens with zero attached hydrogens (tertiary/aromatic N) is 3. The van der Waals surface area contributed by atoms with Crippen LogP contribution in [0.15, 0.2) is 30.3 Å². The monoisotopic (exact) mass is 287 g/mol. The minimum atomic E-state index is -0.849. The second-order valence-corrected chi connectivity index (χ2v) is 4.99. The van der Waals surface area contributed by atoms with E-state index in [1.165, 1.54) is 12.1 Å². The second-order valence-electron chi connectivity index (χ2n) is 4.99. The molecule has 0 unspecified atom stereocenters. The van der Waals surface area contributed by atoms with Crippen LogP contribution in [0.5, 0.6) is 0 Å². The van der Waals surface area contributed by atoms with Crippen molar-refractivity contribution in [1.82, 2.24) is 4.98 Å². The van der Waals surface area contributed by atoms with E-state index in [1.807, 2.05) is 0 Å². The number of nitro benzene ring substituents is 1. The molecule has 1 aromatic carbocycles. The molecule has 0 radical (unpaired) electrons. The first-order valence-corrected chi connectivity index (χ1v) is 6.61. The predicted molar refractivity (Wildman–Crippen MR) is 76.4 cm³/mol. The van der Waals surface area contributed by atoms with Crippen molar-refractivity contribution >= 4 is 28.4 Å². The van der Waals surface area contributed by atoms with Crippen LogP contribution in [-0.4, -0.2) is 33.6 Å². The number of carboxylic acid groups (broad SMARTS) is 1. The fourth-order valence-electron chi connectivity index (χ4n) is 2.67. The Morgan fingerprint density at radius 3 is 2.90 bits per heavy atom. The molecule has 0 aliphatic carbocycles. The third kappa shape index (κ3) is 2.37. The molecule has 1 saturated heterocycles. The fourth-order valence-corrected chi connectivity index (χ4v) is 2.67. The molecule has 0 bridgehead atoms. The highest BCUT2D eigenvalue weighted by Gasteiger charge is 2.31. The molecule has 1 aliphatic heterocycles. The number of aliphatic carboxylic acids is 1. The predicted octanol–water partition coefficient (Wildman–Crippen LogP) is 2.20. The van der Waals surface area contributed by atoms with Gasteiger partial charge in [-0.2, -0.15) is 0 Å². The number of hydrogen-bond acceptors (Lipinski definition) is 5. The molecule has 3 rings (SSSR count).